The van der Waals surface area contributed by atoms with Gasteiger partial charge in [0, 0.05) is 52.8 Å². The van der Waals surface area contributed by atoms with Crippen molar-refractivity contribution >= 4 is 22.5 Å². The Morgan fingerprint density at radius 3 is 2.96 bits per heavy atom. The molecular weight excluding hydrogens is 359 g/mol. The van der Waals surface area contributed by atoms with Crippen LogP contribution in [0, 0.1) is 12.7 Å². The summed E-state index contributed by atoms with van der Waals surface area (Å²) in [6, 6.07) is 12.5. The normalized spacial score (nSPS) is 17.0. The lowest BCUT2D eigenvalue weighted by Crippen LogP contribution is -2.25. The molecule has 0 radical (unpaired) electrons. The van der Waals surface area contributed by atoms with Crippen LogP contribution in [0.1, 0.15) is 23.7 Å². The lowest BCUT2D eigenvalue weighted by atomic mass is 10.1. The zero-order chi connectivity index (χ0) is 19.3. The van der Waals surface area contributed by atoms with E-state index in [1.807, 2.05) is 30.5 Å². The minimum absolute atomic E-state index is 0.0715. The number of hydrogen-bond acceptors (Lipinski definition) is 4. The lowest BCUT2D eigenvalue weighted by molar-refractivity contribution is -0.117. The Kier molecular flexibility index (Phi) is 3.75. The molecule has 4 aromatic rings. The summed E-state index contributed by atoms with van der Waals surface area (Å²) in [4.78, 5) is 21.9. The van der Waals surface area contributed by atoms with Crippen LogP contribution in [0.5, 0.6) is 0 Å². The van der Waals surface area contributed by atoms with Crippen LogP contribution in [0.4, 0.5) is 10.1 Å². The molecule has 28 heavy (non-hydrogen) atoms. The van der Waals surface area contributed by atoms with Crippen molar-refractivity contribution in [2.24, 2.45) is 0 Å². The summed E-state index contributed by atoms with van der Waals surface area (Å²) in [6.07, 6.45) is 2.13. The lowest BCUT2D eigenvalue weighted by Gasteiger charge is -2.18. The first-order chi connectivity index (χ1) is 13.6. The molecule has 2 aromatic heterocycles. The third-order valence-corrected chi connectivity index (χ3v) is 5.29. The topological polar surface area (TPSA) is 75.0 Å². The maximum absolute atomic E-state index is 13.9. The third kappa shape index (κ3) is 2.58. The van der Waals surface area contributed by atoms with Crippen molar-refractivity contribution in [1.82, 2.24) is 15.1 Å². The summed E-state index contributed by atoms with van der Waals surface area (Å²) < 4.78 is 19.4. The molecule has 7 heteroatoms. The van der Waals surface area contributed by atoms with Crippen LogP contribution in [0.3, 0.4) is 0 Å². The summed E-state index contributed by atoms with van der Waals surface area (Å²) in [7, 11) is 0. The van der Waals surface area contributed by atoms with Crippen molar-refractivity contribution in [2.75, 3.05) is 11.4 Å². The second-order valence-corrected chi connectivity index (χ2v) is 6.99. The van der Waals surface area contributed by atoms with Gasteiger partial charge in [0.05, 0.1) is 0 Å². The molecule has 1 unspecified atom stereocenters. The number of fused-ring (bicyclic) bond motifs is 1. The second-order valence-electron chi connectivity index (χ2n) is 6.99. The number of amides is 1. The smallest absolute Gasteiger partial charge is 0.258 e. The molecule has 1 aliphatic heterocycles. The number of nitrogens with zero attached hydrogens (tertiary/aromatic N) is 3. The van der Waals surface area contributed by atoms with E-state index in [1.54, 1.807) is 24.0 Å². The van der Waals surface area contributed by atoms with Gasteiger partial charge < -0.3 is 14.4 Å². The number of rotatable bonds is 3. The van der Waals surface area contributed by atoms with Crippen LogP contribution in [0.15, 0.2) is 53.2 Å². The third-order valence-electron chi connectivity index (χ3n) is 5.29. The zero-order valence-corrected chi connectivity index (χ0v) is 15.1. The summed E-state index contributed by atoms with van der Waals surface area (Å²) in [5, 5.41) is 5.12. The van der Waals surface area contributed by atoms with Crippen LogP contribution in [0.25, 0.3) is 22.4 Å². The second kappa shape index (κ2) is 6.30. The van der Waals surface area contributed by atoms with Crippen molar-refractivity contribution < 1.29 is 13.7 Å². The van der Waals surface area contributed by atoms with Crippen molar-refractivity contribution in [1.29, 1.82) is 0 Å². The van der Waals surface area contributed by atoms with Gasteiger partial charge >= 0.3 is 0 Å². The fourth-order valence-electron chi connectivity index (χ4n) is 3.78. The summed E-state index contributed by atoms with van der Waals surface area (Å²) in [5.41, 5.74) is 2.89. The number of anilines is 1. The average molecular weight is 376 g/mol. The molecule has 6 nitrogen and oxygen atoms in total. The molecule has 1 fully saturated rings. The zero-order valence-electron chi connectivity index (χ0n) is 15.1. The Hall–Kier alpha value is -3.48. The van der Waals surface area contributed by atoms with Gasteiger partial charge in [-0.05, 0) is 37.3 Å². The SMILES string of the molecule is Cc1c(F)cccc1N1CC(c2noc(-c3cccc4[nH]ccc34)n2)CC1=O. The Labute approximate surface area is 160 Å². The number of nitrogens with one attached hydrogen (secondary N) is 1. The van der Waals surface area contributed by atoms with Gasteiger partial charge in [-0.25, -0.2) is 4.39 Å². The molecule has 0 aliphatic carbocycles. The molecule has 0 saturated carbocycles. The molecule has 0 bridgehead atoms. The van der Waals surface area contributed by atoms with Gasteiger partial charge in [-0.3, -0.25) is 4.79 Å². The van der Waals surface area contributed by atoms with Crippen molar-refractivity contribution in [3.05, 3.63) is 65.9 Å². The number of aromatic nitrogens is 3. The van der Waals surface area contributed by atoms with E-state index in [1.165, 1.54) is 6.07 Å². The van der Waals surface area contributed by atoms with Crippen molar-refractivity contribution in [3.8, 4) is 11.5 Å². The highest BCUT2D eigenvalue weighted by Crippen LogP contribution is 2.34. The fourth-order valence-corrected chi connectivity index (χ4v) is 3.78. The molecule has 5 rings (SSSR count). The Bertz CT molecular complexity index is 1200. The van der Waals surface area contributed by atoms with E-state index < -0.39 is 0 Å². The van der Waals surface area contributed by atoms with Gasteiger partial charge in [-0.2, -0.15) is 4.98 Å². The molecule has 1 atom stereocenters. The maximum atomic E-state index is 13.9. The Morgan fingerprint density at radius 1 is 1.21 bits per heavy atom. The van der Waals surface area contributed by atoms with E-state index in [9.17, 15) is 9.18 Å². The highest BCUT2D eigenvalue weighted by molar-refractivity contribution is 5.97. The first-order valence-corrected chi connectivity index (χ1v) is 9.07. The number of benzene rings is 2. The standard InChI is InChI=1S/C21H17FN4O2/c1-12-16(22)5-3-7-18(12)26-11-13(10-19(26)27)20-24-21(28-25-20)15-4-2-6-17-14(15)8-9-23-17/h2-9,13,23H,10-11H2,1H3. The van der Waals surface area contributed by atoms with Crippen LogP contribution in [-0.4, -0.2) is 27.6 Å². The number of H-pyrrole nitrogens is 1. The van der Waals surface area contributed by atoms with Crippen LogP contribution >= 0.6 is 0 Å². The first-order valence-electron chi connectivity index (χ1n) is 9.07. The first kappa shape index (κ1) is 16.7. The number of aromatic amines is 1. The predicted octanol–water partition coefficient (Wildman–Crippen LogP) is 4.19. The van der Waals surface area contributed by atoms with E-state index in [-0.39, 0.29) is 24.1 Å². The quantitative estimate of drug-likeness (QED) is 0.582. The van der Waals surface area contributed by atoms with Crippen LogP contribution in [-0.2, 0) is 4.79 Å². The van der Waals surface area contributed by atoms with Gasteiger partial charge in [0.2, 0.25) is 5.91 Å². The van der Waals surface area contributed by atoms with Crippen LogP contribution in [0.2, 0.25) is 0 Å². The maximum Gasteiger partial charge on any atom is 0.258 e. The van der Waals surface area contributed by atoms with Gasteiger partial charge in [-0.1, -0.05) is 17.3 Å². The molecule has 140 valence electrons. The summed E-state index contributed by atoms with van der Waals surface area (Å²) >= 11 is 0. The van der Waals surface area contributed by atoms with E-state index in [0.29, 0.717) is 29.5 Å². The Balaban J connectivity index is 1.45. The molecule has 3 heterocycles. The molecule has 0 spiro atoms. The van der Waals surface area contributed by atoms with Crippen molar-refractivity contribution in [2.45, 2.75) is 19.3 Å². The predicted molar refractivity (Wildman–Crippen MR) is 102 cm³/mol. The van der Waals surface area contributed by atoms with Gasteiger partial charge in [0.15, 0.2) is 5.82 Å². The Morgan fingerprint density at radius 2 is 2.07 bits per heavy atom. The van der Waals surface area contributed by atoms with Crippen molar-refractivity contribution in [3.63, 3.8) is 0 Å². The van der Waals surface area contributed by atoms with E-state index in [2.05, 4.69) is 15.1 Å². The monoisotopic (exact) mass is 376 g/mol. The van der Waals surface area contributed by atoms with E-state index in [0.717, 1.165) is 16.5 Å². The molecule has 1 saturated heterocycles. The summed E-state index contributed by atoms with van der Waals surface area (Å²) in [5.74, 6) is 0.326. The van der Waals surface area contributed by atoms with Crippen LogP contribution < -0.4 is 4.90 Å². The number of halogens is 1. The van der Waals surface area contributed by atoms with Gasteiger partial charge in [0.1, 0.15) is 5.82 Å². The highest BCUT2D eigenvalue weighted by Gasteiger charge is 2.35. The molecular formula is C21H17FN4O2. The summed E-state index contributed by atoms with van der Waals surface area (Å²) in [6.45, 7) is 2.08. The fraction of sp³-hybridized carbons (Fsp3) is 0.190. The number of carbonyl (C=O) groups excluding carboxylic acids is 1. The minimum Gasteiger partial charge on any atom is -0.361 e. The van der Waals surface area contributed by atoms with E-state index in [4.69, 9.17) is 4.52 Å². The number of hydrogen-bond donors (Lipinski definition) is 1. The minimum atomic E-state index is -0.324. The molecule has 1 amide bonds. The average Bonchev–Trinajstić information content (AvgIpc) is 3.42. The molecule has 1 N–H and O–H groups in total. The highest BCUT2D eigenvalue weighted by atomic mass is 19.1. The van der Waals surface area contributed by atoms with E-state index >= 15 is 0 Å². The number of carbonyl (C=O) groups is 1. The molecule has 2 aromatic carbocycles. The molecule has 1 aliphatic rings. The van der Waals surface area contributed by atoms with Gasteiger partial charge in [-0.15, -0.1) is 0 Å². The largest absolute Gasteiger partial charge is 0.361 e. The van der Waals surface area contributed by atoms with Gasteiger partial charge in [0.25, 0.3) is 5.89 Å².